The quantitative estimate of drug-likeness (QED) is 0.495. The molecule has 0 atom stereocenters. The third-order valence-electron chi connectivity index (χ3n) is 4.39. The number of nitrogens with two attached hydrogens (primary N) is 1. The van der Waals surface area contributed by atoms with Crippen molar-refractivity contribution in [2.45, 2.75) is 26.7 Å². The highest BCUT2D eigenvalue weighted by Crippen LogP contribution is 2.34. The molecule has 0 aromatic heterocycles. The van der Waals surface area contributed by atoms with Crippen LogP contribution in [0, 0.1) is 0 Å². The first-order valence-corrected chi connectivity index (χ1v) is 9.92. The number of hydrogen-bond acceptors (Lipinski definition) is 2. The zero-order valence-corrected chi connectivity index (χ0v) is 17.0. The van der Waals surface area contributed by atoms with E-state index in [9.17, 15) is 0 Å². The fourth-order valence-electron chi connectivity index (χ4n) is 3.24. The molecule has 0 saturated heterocycles. The Hall–Kier alpha value is -2.84. The Morgan fingerprint density at radius 2 is 1.71 bits per heavy atom. The van der Waals surface area contributed by atoms with Crippen LogP contribution in [0.3, 0.4) is 0 Å². The third-order valence-corrected chi connectivity index (χ3v) is 4.39. The highest BCUT2D eigenvalue weighted by Gasteiger charge is 2.14. The van der Waals surface area contributed by atoms with Gasteiger partial charge in [0.2, 0.25) is 0 Å². The smallest absolute Gasteiger partial charge is 0.119 e. The van der Waals surface area contributed by atoms with Crippen molar-refractivity contribution in [3.63, 3.8) is 0 Å². The average Bonchev–Trinajstić information content (AvgIpc) is 2.73. The fraction of sp³-hybridized carbons (Fsp3) is 0.231. The van der Waals surface area contributed by atoms with Gasteiger partial charge >= 0.3 is 0 Å². The lowest BCUT2D eigenvalue weighted by atomic mass is 9.86. The lowest BCUT2D eigenvalue weighted by Gasteiger charge is -2.18. The van der Waals surface area contributed by atoms with Crippen LogP contribution in [0.2, 0.25) is 0 Å². The van der Waals surface area contributed by atoms with Crippen molar-refractivity contribution in [1.82, 2.24) is 0 Å². The van der Waals surface area contributed by atoms with Gasteiger partial charge in [0.1, 0.15) is 12.4 Å². The lowest BCUT2D eigenvalue weighted by molar-refractivity contribution is 0.328. The van der Waals surface area contributed by atoms with Crippen molar-refractivity contribution in [3.8, 4) is 5.75 Å². The van der Waals surface area contributed by atoms with E-state index in [0.717, 1.165) is 18.6 Å². The molecule has 0 unspecified atom stereocenters. The van der Waals surface area contributed by atoms with Gasteiger partial charge in [-0.2, -0.15) is 0 Å². The number of benzene rings is 2. The third kappa shape index (κ3) is 5.83. The van der Waals surface area contributed by atoms with Gasteiger partial charge in [0.05, 0.1) is 0 Å². The van der Waals surface area contributed by atoms with Gasteiger partial charge in [-0.15, -0.1) is 0 Å². The van der Waals surface area contributed by atoms with Gasteiger partial charge in [-0.25, -0.2) is 0 Å². The first kappa shape index (κ1) is 21.5. The molecule has 0 aliphatic carbocycles. The van der Waals surface area contributed by atoms with Gasteiger partial charge < -0.3 is 10.5 Å². The van der Waals surface area contributed by atoms with Gasteiger partial charge in [0.25, 0.3) is 0 Å². The first-order valence-electron chi connectivity index (χ1n) is 9.92. The van der Waals surface area contributed by atoms with Crippen LogP contribution in [-0.4, -0.2) is 13.2 Å². The van der Waals surface area contributed by atoms with Crippen LogP contribution in [0.5, 0.6) is 5.75 Å². The molecule has 2 N–H and O–H groups in total. The monoisotopic (exact) mass is 373 g/mol. The topological polar surface area (TPSA) is 35.2 Å². The van der Waals surface area contributed by atoms with E-state index < -0.39 is 0 Å². The summed E-state index contributed by atoms with van der Waals surface area (Å²) in [6.07, 6.45) is 10.2. The maximum absolute atomic E-state index is 5.65. The Morgan fingerprint density at radius 1 is 1.04 bits per heavy atom. The molecular weight excluding hydrogens is 342 g/mol. The first-order chi connectivity index (χ1) is 13.7. The summed E-state index contributed by atoms with van der Waals surface area (Å²) in [5, 5.41) is 0. The van der Waals surface area contributed by atoms with Gasteiger partial charge in [-0.05, 0) is 53.3 Å². The molecule has 2 aromatic rings. The van der Waals surface area contributed by atoms with Crippen LogP contribution in [0.4, 0.5) is 0 Å². The summed E-state index contributed by atoms with van der Waals surface area (Å²) in [5.41, 5.74) is 11.7. The second-order valence-electron chi connectivity index (χ2n) is 6.49. The molecule has 146 valence electrons. The van der Waals surface area contributed by atoms with E-state index in [1.807, 2.05) is 25.1 Å². The van der Waals surface area contributed by atoms with E-state index >= 15 is 0 Å². The minimum absolute atomic E-state index is 0.511. The van der Waals surface area contributed by atoms with E-state index in [-0.39, 0.29) is 0 Å². The van der Waals surface area contributed by atoms with Crippen LogP contribution < -0.4 is 10.5 Å². The largest absolute Gasteiger partial charge is 0.492 e. The van der Waals surface area contributed by atoms with Crippen LogP contribution >= 0.6 is 0 Å². The van der Waals surface area contributed by atoms with Crippen molar-refractivity contribution in [2.75, 3.05) is 13.2 Å². The zero-order chi connectivity index (χ0) is 20.2. The Bertz CT molecular complexity index is 826. The minimum Gasteiger partial charge on any atom is -0.492 e. The van der Waals surface area contributed by atoms with Crippen molar-refractivity contribution in [1.29, 1.82) is 0 Å². The molecule has 28 heavy (non-hydrogen) atoms. The van der Waals surface area contributed by atoms with Crippen LogP contribution in [0.25, 0.3) is 5.57 Å². The molecule has 0 amide bonds. The predicted octanol–water partition coefficient (Wildman–Crippen LogP) is 6.31. The number of rotatable bonds is 10. The highest BCUT2D eigenvalue weighted by atomic mass is 16.5. The summed E-state index contributed by atoms with van der Waals surface area (Å²) in [6, 6.07) is 18.9. The summed E-state index contributed by atoms with van der Waals surface area (Å²) in [6.45, 7) is 9.21. The molecular formula is C26H31NO. The van der Waals surface area contributed by atoms with Crippen molar-refractivity contribution in [2.24, 2.45) is 5.73 Å². The average molecular weight is 374 g/mol. The van der Waals surface area contributed by atoms with E-state index in [0.29, 0.717) is 13.2 Å². The second-order valence-corrected chi connectivity index (χ2v) is 6.49. The molecule has 0 aliphatic heterocycles. The van der Waals surface area contributed by atoms with E-state index in [4.69, 9.17) is 10.5 Å². The molecule has 0 spiro atoms. The van der Waals surface area contributed by atoms with Gasteiger partial charge in [-0.1, -0.05) is 86.7 Å². The van der Waals surface area contributed by atoms with Crippen LogP contribution in [-0.2, 0) is 0 Å². The fourth-order valence-corrected chi connectivity index (χ4v) is 3.24. The van der Waals surface area contributed by atoms with E-state index in [1.54, 1.807) is 0 Å². The molecule has 0 heterocycles. The summed E-state index contributed by atoms with van der Waals surface area (Å²) < 4.78 is 5.65. The maximum Gasteiger partial charge on any atom is 0.119 e. The molecule has 0 saturated carbocycles. The van der Waals surface area contributed by atoms with E-state index in [1.165, 1.54) is 27.8 Å². The molecule has 0 aliphatic rings. The van der Waals surface area contributed by atoms with Crippen LogP contribution in [0.15, 0.2) is 96.6 Å². The molecule has 0 radical (unpaired) electrons. The second kappa shape index (κ2) is 11.8. The summed E-state index contributed by atoms with van der Waals surface area (Å²) in [7, 11) is 0. The van der Waals surface area contributed by atoms with Crippen molar-refractivity contribution < 1.29 is 4.74 Å². The number of allylic oxidation sites excluding steroid dienone is 6. The maximum atomic E-state index is 5.65. The molecule has 2 nitrogen and oxygen atoms in total. The Labute approximate surface area is 169 Å². The SMILES string of the molecule is C=C/C=C(\C=C/C)C(/CCC)=C(/c1ccccc1)c1ccc(OCCN)cc1. The molecule has 0 bridgehead atoms. The van der Waals surface area contributed by atoms with Crippen LogP contribution in [0.1, 0.15) is 37.8 Å². The highest BCUT2D eigenvalue weighted by molar-refractivity contribution is 5.85. The van der Waals surface area contributed by atoms with Crippen molar-refractivity contribution in [3.05, 3.63) is 108 Å². The summed E-state index contributed by atoms with van der Waals surface area (Å²) in [5.74, 6) is 0.842. The van der Waals surface area contributed by atoms with Crippen molar-refractivity contribution >= 4 is 5.57 Å². The summed E-state index contributed by atoms with van der Waals surface area (Å²) >= 11 is 0. The number of hydrogen-bond donors (Lipinski definition) is 1. The van der Waals surface area contributed by atoms with Gasteiger partial charge in [-0.3, -0.25) is 0 Å². The van der Waals surface area contributed by atoms with Gasteiger partial charge in [0.15, 0.2) is 0 Å². The predicted molar refractivity (Wildman–Crippen MR) is 121 cm³/mol. The Morgan fingerprint density at radius 3 is 2.29 bits per heavy atom. The molecule has 2 heteroatoms. The summed E-state index contributed by atoms with van der Waals surface area (Å²) in [4.78, 5) is 0. The molecule has 2 aromatic carbocycles. The standard InChI is InChI=1S/C26H31NO/c1-4-10-21(11-5-2)25(12-6-3)26(22-13-8-7-9-14-22)23-15-17-24(18-16-23)28-20-19-27/h4-5,7-11,13-18H,1,6,12,19-20,27H2,2-3H3/b11-5-,21-10+,26-25-. The Kier molecular flexibility index (Phi) is 9.03. The van der Waals surface area contributed by atoms with Gasteiger partial charge in [0, 0.05) is 6.54 Å². The number of ether oxygens (including phenoxy) is 1. The lowest BCUT2D eigenvalue weighted by Crippen LogP contribution is -2.10. The molecule has 2 rings (SSSR count). The van der Waals surface area contributed by atoms with E-state index in [2.05, 4.69) is 74.2 Å². The Balaban J connectivity index is 2.67. The normalized spacial score (nSPS) is 12.8. The molecule has 0 fully saturated rings. The minimum atomic E-state index is 0.511. The zero-order valence-electron chi connectivity index (χ0n) is 17.0.